The summed E-state index contributed by atoms with van der Waals surface area (Å²) in [7, 11) is 0. The minimum absolute atomic E-state index is 0.311. The zero-order valence-electron chi connectivity index (χ0n) is 15.1. The predicted molar refractivity (Wildman–Crippen MR) is 109 cm³/mol. The molecule has 0 atom stereocenters. The predicted octanol–water partition coefficient (Wildman–Crippen LogP) is 4.24. The molecule has 3 aromatic rings. The van der Waals surface area contributed by atoms with Crippen LogP contribution in [0.3, 0.4) is 0 Å². The van der Waals surface area contributed by atoms with Crippen LogP contribution in [-0.2, 0) is 13.0 Å². The van der Waals surface area contributed by atoms with E-state index in [9.17, 15) is 9.18 Å². The smallest absolute Gasteiger partial charge is 0.252 e. The molecule has 1 aromatic heterocycles. The second-order valence-corrected chi connectivity index (χ2v) is 6.56. The Morgan fingerprint density at radius 2 is 2.00 bits per heavy atom. The number of pyridine rings is 1. The Hall–Kier alpha value is -3.67. The maximum atomic E-state index is 13.1. The van der Waals surface area contributed by atoms with Crippen LogP contribution in [0.4, 0.5) is 21.6 Å². The van der Waals surface area contributed by atoms with Crippen LogP contribution < -0.4 is 16.4 Å². The van der Waals surface area contributed by atoms with Crippen LogP contribution in [0.25, 0.3) is 6.08 Å². The number of carbonyl (C=O) groups excluding carboxylic acids is 1. The highest BCUT2D eigenvalue weighted by Crippen LogP contribution is 2.26. The van der Waals surface area contributed by atoms with Gasteiger partial charge >= 0.3 is 0 Å². The Morgan fingerprint density at radius 3 is 2.79 bits per heavy atom. The van der Waals surface area contributed by atoms with Gasteiger partial charge in [0.25, 0.3) is 5.91 Å². The number of benzene rings is 2. The van der Waals surface area contributed by atoms with E-state index < -0.39 is 5.91 Å². The van der Waals surface area contributed by atoms with E-state index in [1.54, 1.807) is 18.2 Å². The average molecular weight is 374 g/mol. The van der Waals surface area contributed by atoms with Gasteiger partial charge in [-0.25, -0.2) is 9.37 Å². The van der Waals surface area contributed by atoms with Gasteiger partial charge in [-0.3, -0.25) is 4.79 Å². The van der Waals surface area contributed by atoms with E-state index in [4.69, 9.17) is 5.73 Å². The lowest BCUT2D eigenvalue weighted by atomic mass is 10.0. The molecular weight excluding hydrogens is 355 g/mol. The first kappa shape index (κ1) is 17.7. The van der Waals surface area contributed by atoms with Crippen molar-refractivity contribution in [2.75, 3.05) is 10.6 Å². The highest BCUT2D eigenvalue weighted by Gasteiger charge is 2.13. The number of nitrogens with zero attached hydrogens (tertiary/aromatic N) is 1. The fourth-order valence-corrected chi connectivity index (χ4v) is 3.25. The maximum Gasteiger partial charge on any atom is 0.252 e. The lowest BCUT2D eigenvalue weighted by molar-refractivity contribution is 0.100. The second kappa shape index (κ2) is 7.52. The van der Waals surface area contributed by atoms with Crippen LogP contribution >= 0.6 is 0 Å². The lowest BCUT2D eigenvalue weighted by Crippen LogP contribution is -2.15. The van der Waals surface area contributed by atoms with Crippen molar-refractivity contribution >= 4 is 29.2 Å². The van der Waals surface area contributed by atoms with E-state index in [0.29, 0.717) is 29.3 Å². The van der Waals surface area contributed by atoms with Crippen LogP contribution in [-0.4, -0.2) is 10.9 Å². The Balaban J connectivity index is 1.58. The van der Waals surface area contributed by atoms with E-state index in [-0.39, 0.29) is 5.82 Å². The molecule has 0 bridgehead atoms. The van der Waals surface area contributed by atoms with Crippen molar-refractivity contribution in [3.63, 3.8) is 0 Å². The van der Waals surface area contributed by atoms with Gasteiger partial charge in [0.1, 0.15) is 11.6 Å². The zero-order chi connectivity index (χ0) is 19.5. The molecule has 1 aliphatic carbocycles. The number of carbonyl (C=O) groups is 1. The number of fused-ring (bicyclic) bond motifs is 1. The minimum Gasteiger partial charge on any atom is -0.380 e. The molecule has 140 valence electrons. The number of amides is 1. The number of hydrogen-bond acceptors (Lipinski definition) is 4. The normalized spacial score (nSPS) is 11.9. The molecule has 28 heavy (non-hydrogen) atoms. The topological polar surface area (TPSA) is 80.0 Å². The summed E-state index contributed by atoms with van der Waals surface area (Å²) in [6, 6.07) is 13.9. The van der Waals surface area contributed by atoms with Crippen molar-refractivity contribution in [2.45, 2.75) is 13.0 Å². The molecule has 0 saturated heterocycles. The van der Waals surface area contributed by atoms with Crippen LogP contribution in [0, 0.1) is 5.82 Å². The van der Waals surface area contributed by atoms with Gasteiger partial charge in [-0.1, -0.05) is 30.4 Å². The molecule has 1 aliphatic rings. The van der Waals surface area contributed by atoms with Gasteiger partial charge in [0, 0.05) is 24.5 Å². The number of hydrogen-bond donors (Lipinski definition) is 3. The number of rotatable bonds is 6. The summed E-state index contributed by atoms with van der Waals surface area (Å²) in [4.78, 5) is 16.0. The molecule has 0 fully saturated rings. The first-order valence-electron chi connectivity index (χ1n) is 8.94. The third kappa shape index (κ3) is 3.71. The van der Waals surface area contributed by atoms with Crippen LogP contribution in [0.2, 0.25) is 0 Å². The minimum atomic E-state index is -0.554. The number of allylic oxidation sites excluding steroid dienone is 1. The highest BCUT2D eigenvalue weighted by atomic mass is 19.1. The van der Waals surface area contributed by atoms with Crippen LogP contribution in [0.5, 0.6) is 0 Å². The molecule has 0 aliphatic heterocycles. The maximum absolute atomic E-state index is 13.1. The first-order chi connectivity index (χ1) is 13.6. The summed E-state index contributed by atoms with van der Waals surface area (Å²) in [5, 5.41) is 6.40. The van der Waals surface area contributed by atoms with Crippen molar-refractivity contribution in [1.29, 1.82) is 0 Å². The number of primary amides is 1. The van der Waals surface area contributed by atoms with E-state index in [0.717, 1.165) is 12.0 Å². The summed E-state index contributed by atoms with van der Waals surface area (Å²) in [5.74, 6) is -0.340. The third-order valence-electron chi connectivity index (χ3n) is 4.66. The van der Waals surface area contributed by atoms with Crippen molar-refractivity contribution in [1.82, 2.24) is 4.98 Å². The quantitative estimate of drug-likeness (QED) is 0.603. The Bertz CT molecular complexity index is 1060. The van der Waals surface area contributed by atoms with Gasteiger partial charge in [-0.05, 0) is 47.4 Å². The highest BCUT2D eigenvalue weighted by molar-refractivity contribution is 5.98. The monoisotopic (exact) mass is 374 g/mol. The fraction of sp³-hybridized carbons (Fsp3) is 0.0909. The van der Waals surface area contributed by atoms with E-state index in [2.05, 4.69) is 39.9 Å². The Labute approximate surface area is 162 Å². The van der Waals surface area contributed by atoms with Crippen molar-refractivity contribution in [2.24, 2.45) is 5.73 Å². The summed E-state index contributed by atoms with van der Waals surface area (Å²) in [5.41, 5.74) is 10.8. The van der Waals surface area contributed by atoms with Crippen LogP contribution in [0.1, 0.15) is 27.0 Å². The molecule has 2 aromatic carbocycles. The Morgan fingerprint density at radius 1 is 1.18 bits per heavy atom. The molecule has 0 saturated carbocycles. The number of nitrogens with two attached hydrogens (primary N) is 1. The fourth-order valence-electron chi connectivity index (χ4n) is 3.25. The average Bonchev–Trinajstić information content (AvgIpc) is 3.17. The number of anilines is 3. The van der Waals surface area contributed by atoms with E-state index >= 15 is 0 Å². The van der Waals surface area contributed by atoms with Crippen molar-refractivity contribution in [3.8, 4) is 0 Å². The SMILES string of the molecule is NC(=O)c1cnc(Nc2ccc(F)cc2)cc1NCc1cccc2c1C=CC2. The van der Waals surface area contributed by atoms with Gasteiger partial charge < -0.3 is 16.4 Å². The molecule has 4 rings (SSSR count). The van der Waals surface area contributed by atoms with E-state index in [1.807, 2.05) is 6.07 Å². The number of aromatic nitrogens is 1. The molecule has 0 unspecified atom stereocenters. The largest absolute Gasteiger partial charge is 0.380 e. The summed E-state index contributed by atoms with van der Waals surface area (Å²) in [6.45, 7) is 0.549. The van der Waals surface area contributed by atoms with E-state index in [1.165, 1.54) is 29.5 Å². The summed E-state index contributed by atoms with van der Waals surface area (Å²) < 4.78 is 13.1. The molecule has 1 heterocycles. The molecule has 0 spiro atoms. The van der Waals surface area contributed by atoms with Crippen LogP contribution in [0.15, 0.2) is 60.8 Å². The standard InChI is InChI=1S/C22H19FN4O/c23-16-7-9-17(10-8-16)27-21-11-20(19(13-26-21)22(24)28)25-12-15-5-1-3-14-4-2-6-18(14)15/h1-3,5-11,13H,4,12H2,(H2,24,28)(H2,25,26,27). The number of nitrogens with one attached hydrogen (secondary N) is 2. The summed E-state index contributed by atoms with van der Waals surface area (Å²) >= 11 is 0. The van der Waals surface area contributed by atoms with Gasteiger partial charge in [-0.15, -0.1) is 0 Å². The van der Waals surface area contributed by atoms with Gasteiger partial charge in [-0.2, -0.15) is 0 Å². The van der Waals surface area contributed by atoms with Crippen molar-refractivity contribution < 1.29 is 9.18 Å². The molecule has 5 nitrogen and oxygen atoms in total. The van der Waals surface area contributed by atoms with Gasteiger partial charge in [0.05, 0.1) is 11.3 Å². The second-order valence-electron chi connectivity index (χ2n) is 6.56. The number of halogens is 1. The van der Waals surface area contributed by atoms with Crippen molar-refractivity contribution in [3.05, 3.63) is 88.9 Å². The van der Waals surface area contributed by atoms with Gasteiger partial charge in [0.2, 0.25) is 0 Å². The summed E-state index contributed by atoms with van der Waals surface area (Å²) in [6.07, 6.45) is 6.64. The molecule has 1 amide bonds. The molecule has 6 heteroatoms. The third-order valence-corrected chi connectivity index (χ3v) is 4.66. The molecule has 4 N–H and O–H groups in total. The lowest BCUT2D eigenvalue weighted by Gasteiger charge is -2.14. The Kier molecular flexibility index (Phi) is 4.76. The first-order valence-corrected chi connectivity index (χ1v) is 8.94. The molecule has 0 radical (unpaired) electrons. The molecular formula is C22H19FN4O. The zero-order valence-corrected chi connectivity index (χ0v) is 15.1. The van der Waals surface area contributed by atoms with Gasteiger partial charge in [0.15, 0.2) is 0 Å².